The molecule has 20 heavy (non-hydrogen) atoms. The fourth-order valence-electron chi connectivity index (χ4n) is 3.94. The number of piperazine rings is 1. The molecule has 4 rings (SSSR count). The Morgan fingerprint density at radius 2 is 2.15 bits per heavy atom. The monoisotopic (exact) mass is 275 g/mol. The molecule has 3 aliphatic heterocycles. The van der Waals surface area contributed by atoms with E-state index in [1.807, 2.05) is 0 Å². The lowest BCUT2D eigenvalue weighted by Crippen LogP contribution is -2.39. The van der Waals surface area contributed by atoms with Crippen molar-refractivity contribution in [3.63, 3.8) is 0 Å². The Morgan fingerprint density at radius 1 is 1.40 bits per heavy atom. The second kappa shape index (κ2) is 3.71. The highest BCUT2D eigenvalue weighted by Gasteiger charge is 2.62. The summed E-state index contributed by atoms with van der Waals surface area (Å²) in [6, 6.07) is 0.958. The topological polar surface area (TPSA) is 94.6 Å². The third kappa shape index (κ3) is 1.26. The van der Waals surface area contributed by atoms with Crippen molar-refractivity contribution >= 4 is 11.6 Å². The number of hydrogen-bond donors (Lipinski definition) is 2. The van der Waals surface area contributed by atoms with E-state index in [0.717, 1.165) is 6.54 Å². The molecule has 0 saturated carbocycles. The molecule has 4 aliphatic rings. The van der Waals surface area contributed by atoms with Gasteiger partial charge in [-0.3, -0.25) is 9.59 Å². The summed E-state index contributed by atoms with van der Waals surface area (Å²) in [5.74, 6) is -0.351. The lowest BCUT2D eigenvalue weighted by atomic mass is 9.84. The molecule has 4 atom stereocenters. The molecular formula is C14H17N3O3. The van der Waals surface area contributed by atoms with Gasteiger partial charge in [0.25, 0.3) is 0 Å². The average molecular weight is 275 g/mol. The molecule has 3 heterocycles. The number of nitrogens with two attached hydrogens (primary N) is 1. The Labute approximate surface area is 116 Å². The van der Waals surface area contributed by atoms with Crippen LogP contribution in [0.4, 0.5) is 0 Å². The van der Waals surface area contributed by atoms with Gasteiger partial charge in [0.15, 0.2) is 0 Å². The van der Waals surface area contributed by atoms with Crippen LogP contribution in [0.1, 0.15) is 6.92 Å². The molecule has 1 aliphatic carbocycles. The van der Waals surface area contributed by atoms with E-state index in [0.29, 0.717) is 35.5 Å². The standard InChI is InChI=1S/C14H17N3O3/c1-5-9(15)14(19)8-6(4-20-2)11-10-7(16-10)3-17(11)12(8)13(5)18/h6-7,10-11,16H,3-4,15H2,1-2H3. The highest BCUT2D eigenvalue weighted by Crippen LogP contribution is 2.48. The first-order valence-corrected chi connectivity index (χ1v) is 6.87. The summed E-state index contributed by atoms with van der Waals surface area (Å²) in [5, 5.41) is 3.40. The Balaban J connectivity index is 1.83. The average Bonchev–Trinajstić information content (AvgIpc) is 2.98. The molecule has 6 heteroatoms. The lowest BCUT2D eigenvalue weighted by Gasteiger charge is -2.27. The van der Waals surface area contributed by atoms with Crippen molar-refractivity contribution in [1.82, 2.24) is 10.2 Å². The zero-order valence-electron chi connectivity index (χ0n) is 11.5. The Kier molecular flexibility index (Phi) is 2.24. The molecule has 0 aromatic rings. The molecule has 106 valence electrons. The fraction of sp³-hybridized carbons (Fsp3) is 0.571. The third-order valence-corrected chi connectivity index (χ3v) is 4.97. The van der Waals surface area contributed by atoms with Gasteiger partial charge in [-0.15, -0.1) is 0 Å². The minimum Gasteiger partial charge on any atom is -0.395 e. The molecule has 6 nitrogen and oxygen atoms in total. The molecule has 4 unspecified atom stereocenters. The normalized spacial score (nSPS) is 38.4. The molecule has 0 spiro atoms. The summed E-state index contributed by atoms with van der Waals surface area (Å²) in [4.78, 5) is 27.1. The largest absolute Gasteiger partial charge is 0.395 e. The highest BCUT2D eigenvalue weighted by molar-refractivity contribution is 6.25. The molecule has 0 amide bonds. The maximum Gasteiger partial charge on any atom is 0.207 e. The summed E-state index contributed by atoms with van der Waals surface area (Å²) >= 11 is 0. The number of nitrogens with zero attached hydrogens (tertiary/aromatic N) is 1. The van der Waals surface area contributed by atoms with E-state index in [1.54, 1.807) is 14.0 Å². The Bertz CT molecular complexity index is 607. The van der Waals surface area contributed by atoms with Crippen molar-refractivity contribution < 1.29 is 14.3 Å². The number of carbonyl (C=O) groups is 2. The maximum absolute atomic E-state index is 12.5. The number of fused-ring (bicyclic) bond motifs is 4. The zero-order chi connectivity index (χ0) is 14.2. The van der Waals surface area contributed by atoms with Gasteiger partial charge in [-0.1, -0.05) is 0 Å². The minimum absolute atomic E-state index is 0.0666. The molecule has 0 radical (unpaired) electrons. The van der Waals surface area contributed by atoms with Gasteiger partial charge in [-0.2, -0.15) is 0 Å². The lowest BCUT2D eigenvalue weighted by molar-refractivity contribution is -0.117. The number of ether oxygens (including phenoxy) is 1. The van der Waals surface area contributed by atoms with Crippen LogP contribution in [0.15, 0.2) is 22.5 Å². The predicted octanol–water partition coefficient (Wildman–Crippen LogP) is -1.07. The Morgan fingerprint density at radius 3 is 2.85 bits per heavy atom. The molecule has 0 bridgehead atoms. The van der Waals surface area contributed by atoms with Crippen molar-refractivity contribution in [3.05, 3.63) is 22.5 Å². The van der Waals surface area contributed by atoms with Gasteiger partial charge in [0.05, 0.1) is 24.0 Å². The zero-order valence-corrected chi connectivity index (χ0v) is 11.5. The number of methoxy groups -OCH3 is 1. The SMILES string of the molecule is COCC1C2=C(C(=O)C(C)=C(N)C2=O)N2CC3NC3C12. The molecule has 2 fully saturated rings. The minimum atomic E-state index is -0.189. The van der Waals surface area contributed by atoms with E-state index >= 15 is 0 Å². The summed E-state index contributed by atoms with van der Waals surface area (Å²) in [7, 11) is 1.62. The van der Waals surface area contributed by atoms with Crippen molar-refractivity contribution in [2.45, 2.75) is 25.0 Å². The van der Waals surface area contributed by atoms with E-state index < -0.39 is 0 Å². The van der Waals surface area contributed by atoms with E-state index in [1.165, 1.54) is 0 Å². The second-order valence-electron chi connectivity index (χ2n) is 5.96. The summed E-state index contributed by atoms with van der Waals surface area (Å²) < 4.78 is 5.29. The number of hydrogen-bond acceptors (Lipinski definition) is 6. The van der Waals surface area contributed by atoms with Crippen molar-refractivity contribution in [2.24, 2.45) is 11.7 Å². The van der Waals surface area contributed by atoms with Gasteiger partial charge in [-0.05, 0) is 6.92 Å². The first kappa shape index (κ1) is 12.1. The number of Topliss-reactive ketones (excluding diaryl/α,β-unsaturated/α-hetero) is 2. The first-order valence-electron chi connectivity index (χ1n) is 6.87. The van der Waals surface area contributed by atoms with Crippen LogP contribution in [0.2, 0.25) is 0 Å². The molecular weight excluding hydrogens is 258 g/mol. The smallest absolute Gasteiger partial charge is 0.207 e. The first-order chi connectivity index (χ1) is 9.56. The number of allylic oxidation sites excluding steroid dienone is 2. The van der Waals surface area contributed by atoms with Gasteiger partial charge >= 0.3 is 0 Å². The highest BCUT2D eigenvalue weighted by atomic mass is 16.5. The van der Waals surface area contributed by atoms with Crippen LogP contribution in [-0.4, -0.2) is 54.9 Å². The number of rotatable bonds is 2. The maximum atomic E-state index is 12.5. The van der Waals surface area contributed by atoms with Gasteiger partial charge < -0.3 is 20.7 Å². The van der Waals surface area contributed by atoms with E-state index in [2.05, 4.69) is 10.2 Å². The Hall–Kier alpha value is -1.66. The fourth-order valence-corrected chi connectivity index (χ4v) is 3.94. The molecule has 0 aromatic carbocycles. The van der Waals surface area contributed by atoms with E-state index in [9.17, 15) is 9.59 Å². The number of ketones is 2. The van der Waals surface area contributed by atoms with Gasteiger partial charge in [0.1, 0.15) is 0 Å². The van der Waals surface area contributed by atoms with E-state index in [4.69, 9.17) is 10.5 Å². The van der Waals surface area contributed by atoms with Crippen molar-refractivity contribution in [1.29, 1.82) is 0 Å². The van der Waals surface area contributed by atoms with Gasteiger partial charge in [0, 0.05) is 42.8 Å². The van der Waals surface area contributed by atoms with E-state index in [-0.39, 0.29) is 29.2 Å². The van der Waals surface area contributed by atoms with Crippen LogP contribution in [0, 0.1) is 5.92 Å². The summed E-state index contributed by atoms with van der Waals surface area (Å²) in [6.45, 7) is 2.86. The van der Waals surface area contributed by atoms with Gasteiger partial charge in [0.2, 0.25) is 11.6 Å². The number of nitrogens with one attached hydrogen (secondary N) is 1. The molecule has 3 N–H and O–H groups in total. The molecule has 2 saturated heterocycles. The van der Waals surface area contributed by atoms with Crippen molar-refractivity contribution in [2.75, 3.05) is 20.3 Å². The third-order valence-electron chi connectivity index (χ3n) is 4.97. The van der Waals surface area contributed by atoms with Crippen LogP contribution in [0.25, 0.3) is 0 Å². The quantitative estimate of drug-likeness (QED) is 0.492. The molecule has 0 aromatic heterocycles. The summed E-state index contributed by atoms with van der Waals surface area (Å²) in [6.07, 6.45) is 0. The van der Waals surface area contributed by atoms with Crippen LogP contribution < -0.4 is 11.1 Å². The second-order valence-corrected chi connectivity index (χ2v) is 5.96. The predicted molar refractivity (Wildman–Crippen MR) is 70.5 cm³/mol. The van der Waals surface area contributed by atoms with Crippen molar-refractivity contribution in [3.8, 4) is 0 Å². The number of carbonyl (C=O) groups excluding carboxylic acids is 2. The van der Waals surface area contributed by atoms with Crippen LogP contribution in [-0.2, 0) is 14.3 Å². The summed E-state index contributed by atoms with van der Waals surface area (Å²) in [5.41, 5.74) is 7.43. The van der Waals surface area contributed by atoms with Crippen LogP contribution in [0.5, 0.6) is 0 Å². The van der Waals surface area contributed by atoms with Crippen LogP contribution >= 0.6 is 0 Å². The van der Waals surface area contributed by atoms with Gasteiger partial charge in [-0.25, -0.2) is 0 Å². The van der Waals surface area contributed by atoms with Crippen LogP contribution in [0.3, 0.4) is 0 Å².